The minimum absolute atomic E-state index is 0.0117. The summed E-state index contributed by atoms with van der Waals surface area (Å²) in [4.78, 5) is 44.4. The van der Waals surface area contributed by atoms with Gasteiger partial charge in [-0.3, -0.25) is 14.9 Å². The second-order valence-electron chi connectivity index (χ2n) is 7.32. The van der Waals surface area contributed by atoms with Crippen molar-refractivity contribution < 1.29 is 14.5 Å². The summed E-state index contributed by atoms with van der Waals surface area (Å²) in [6.45, 7) is 3.06. The van der Waals surface area contributed by atoms with Crippen LogP contribution in [0.25, 0.3) is 0 Å². The number of nitrogens with one attached hydrogen (secondary N) is 1. The van der Waals surface area contributed by atoms with E-state index in [0.717, 1.165) is 5.56 Å². The van der Waals surface area contributed by atoms with Crippen LogP contribution in [0, 0.1) is 10.1 Å². The predicted octanol–water partition coefficient (Wildman–Crippen LogP) is 1.87. The fourth-order valence-electron chi connectivity index (χ4n) is 3.36. The van der Waals surface area contributed by atoms with Crippen molar-refractivity contribution in [1.82, 2.24) is 20.1 Å². The molecule has 1 aromatic carbocycles. The average Bonchev–Trinajstić information content (AvgIpc) is 2.79. The molecule has 1 aromatic heterocycles. The van der Waals surface area contributed by atoms with Gasteiger partial charge in [0.1, 0.15) is 12.0 Å². The number of nitro groups is 1. The second kappa shape index (κ2) is 10.4. The minimum atomic E-state index is -0.481. The summed E-state index contributed by atoms with van der Waals surface area (Å²) in [6, 6.07) is 12.5. The van der Waals surface area contributed by atoms with Crippen LogP contribution in [0.3, 0.4) is 0 Å². The summed E-state index contributed by atoms with van der Waals surface area (Å²) in [7, 11) is 1.72. The van der Waals surface area contributed by atoms with E-state index >= 15 is 0 Å². The second-order valence-corrected chi connectivity index (χ2v) is 7.32. The van der Waals surface area contributed by atoms with Gasteiger partial charge in [0.15, 0.2) is 0 Å². The molecule has 0 aliphatic carbocycles. The molecule has 1 aliphatic rings. The summed E-state index contributed by atoms with van der Waals surface area (Å²) in [6.07, 6.45) is 1.48. The van der Waals surface area contributed by atoms with Gasteiger partial charge in [0.25, 0.3) is 5.69 Å². The molecule has 0 unspecified atom stereocenters. The number of carbonyl (C=O) groups is 2. The Balaban J connectivity index is 1.38. The van der Waals surface area contributed by atoms with Crippen LogP contribution in [-0.4, -0.2) is 71.4 Å². The predicted molar refractivity (Wildman–Crippen MR) is 116 cm³/mol. The van der Waals surface area contributed by atoms with Crippen LogP contribution in [0.15, 0.2) is 48.7 Å². The lowest BCUT2D eigenvalue weighted by atomic mass is 10.2. The quantitative estimate of drug-likeness (QED) is 0.534. The van der Waals surface area contributed by atoms with Crippen LogP contribution in [0.1, 0.15) is 12.0 Å². The molecule has 2 heterocycles. The number of carbonyl (C=O) groups excluding carboxylic acids is 2. The van der Waals surface area contributed by atoms with Gasteiger partial charge in [0.05, 0.1) is 4.92 Å². The molecule has 2 aromatic rings. The zero-order valence-electron chi connectivity index (χ0n) is 17.4. The van der Waals surface area contributed by atoms with Crippen molar-refractivity contribution in [2.45, 2.75) is 13.0 Å². The van der Waals surface area contributed by atoms with Crippen molar-refractivity contribution in [2.75, 3.05) is 44.7 Å². The molecule has 1 saturated heterocycles. The van der Waals surface area contributed by atoms with Gasteiger partial charge in [0, 0.05) is 58.8 Å². The number of amides is 3. The number of rotatable bonds is 7. The molecule has 1 N–H and O–H groups in total. The number of benzene rings is 1. The van der Waals surface area contributed by atoms with Crippen LogP contribution in [0.4, 0.5) is 16.3 Å². The van der Waals surface area contributed by atoms with E-state index in [-0.39, 0.29) is 30.6 Å². The standard InChI is InChI=1S/C21H26N6O4/c1-24(16-17-5-3-2-4-6-17)21(29)22-10-9-20(28)26-13-11-25(12-14-26)19-8-7-18(15-23-19)27(30)31/h2-8,15H,9-14,16H2,1H3,(H,22,29). The molecular weight excluding hydrogens is 400 g/mol. The van der Waals surface area contributed by atoms with Gasteiger partial charge < -0.3 is 20.0 Å². The van der Waals surface area contributed by atoms with Gasteiger partial charge in [-0.1, -0.05) is 30.3 Å². The minimum Gasteiger partial charge on any atom is -0.353 e. The van der Waals surface area contributed by atoms with E-state index in [0.29, 0.717) is 38.5 Å². The van der Waals surface area contributed by atoms with Crippen molar-refractivity contribution >= 4 is 23.4 Å². The van der Waals surface area contributed by atoms with Gasteiger partial charge in [-0.2, -0.15) is 0 Å². The maximum absolute atomic E-state index is 12.5. The maximum Gasteiger partial charge on any atom is 0.317 e. The third kappa shape index (κ3) is 6.14. The molecule has 10 heteroatoms. The molecular formula is C21H26N6O4. The Kier molecular flexibility index (Phi) is 7.36. The molecule has 31 heavy (non-hydrogen) atoms. The van der Waals surface area contributed by atoms with Crippen molar-refractivity contribution in [3.63, 3.8) is 0 Å². The number of hydrogen-bond acceptors (Lipinski definition) is 6. The molecule has 3 rings (SSSR count). The molecule has 0 bridgehead atoms. The lowest BCUT2D eigenvalue weighted by Crippen LogP contribution is -2.49. The summed E-state index contributed by atoms with van der Waals surface area (Å²) in [5.41, 5.74) is 0.991. The van der Waals surface area contributed by atoms with Gasteiger partial charge in [-0.05, 0) is 11.6 Å². The normalized spacial score (nSPS) is 13.6. The van der Waals surface area contributed by atoms with E-state index in [1.54, 1.807) is 22.9 Å². The Bertz CT molecular complexity index is 898. The number of nitrogens with zero attached hydrogens (tertiary/aromatic N) is 5. The van der Waals surface area contributed by atoms with Crippen LogP contribution in [0.2, 0.25) is 0 Å². The number of anilines is 1. The SMILES string of the molecule is CN(Cc1ccccc1)C(=O)NCCC(=O)N1CCN(c2ccc([N+](=O)[O-])cn2)CC1. The monoisotopic (exact) mass is 426 g/mol. The summed E-state index contributed by atoms with van der Waals surface area (Å²) < 4.78 is 0. The Hall–Kier alpha value is -3.69. The van der Waals surface area contributed by atoms with Gasteiger partial charge in [-0.15, -0.1) is 0 Å². The van der Waals surface area contributed by atoms with Crippen molar-refractivity contribution in [3.05, 3.63) is 64.3 Å². The highest BCUT2D eigenvalue weighted by Gasteiger charge is 2.22. The van der Waals surface area contributed by atoms with E-state index in [1.807, 2.05) is 35.2 Å². The molecule has 1 fully saturated rings. The number of piperazine rings is 1. The fourth-order valence-corrected chi connectivity index (χ4v) is 3.36. The first-order valence-electron chi connectivity index (χ1n) is 10.1. The number of pyridine rings is 1. The van der Waals surface area contributed by atoms with Gasteiger partial charge >= 0.3 is 6.03 Å². The third-order valence-corrected chi connectivity index (χ3v) is 5.12. The van der Waals surface area contributed by atoms with Gasteiger partial charge in [0.2, 0.25) is 5.91 Å². The van der Waals surface area contributed by atoms with Crippen LogP contribution >= 0.6 is 0 Å². The lowest BCUT2D eigenvalue weighted by Gasteiger charge is -2.35. The first kappa shape index (κ1) is 22.0. The highest BCUT2D eigenvalue weighted by atomic mass is 16.6. The zero-order valence-corrected chi connectivity index (χ0v) is 17.4. The van der Waals surface area contributed by atoms with Crippen LogP contribution < -0.4 is 10.2 Å². The Morgan fingerprint density at radius 3 is 2.45 bits per heavy atom. The maximum atomic E-state index is 12.5. The highest BCUT2D eigenvalue weighted by Crippen LogP contribution is 2.17. The van der Waals surface area contributed by atoms with Crippen molar-refractivity contribution in [2.24, 2.45) is 0 Å². The lowest BCUT2D eigenvalue weighted by molar-refractivity contribution is -0.385. The largest absolute Gasteiger partial charge is 0.353 e. The third-order valence-electron chi connectivity index (χ3n) is 5.12. The number of urea groups is 1. The van der Waals surface area contributed by atoms with Gasteiger partial charge in [-0.25, -0.2) is 9.78 Å². The summed E-state index contributed by atoms with van der Waals surface area (Å²) in [5.74, 6) is 0.647. The van der Waals surface area contributed by atoms with Crippen LogP contribution in [-0.2, 0) is 11.3 Å². The Labute approximate surface area is 180 Å². The number of hydrogen-bond donors (Lipinski definition) is 1. The molecule has 0 radical (unpaired) electrons. The molecule has 164 valence electrons. The Morgan fingerprint density at radius 2 is 1.84 bits per heavy atom. The van der Waals surface area contributed by atoms with Crippen molar-refractivity contribution in [1.29, 1.82) is 0 Å². The van der Waals surface area contributed by atoms with E-state index in [9.17, 15) is 19.7 Å². The van der Waals surface area contributed by atoms with E-state index in [1.165, 1.54) is 12.3 Å². The first-order chi connectivity index (χ1) is 14.9. The zero-order chi connectivity index (χ0) is 22.2. The molecule has 0 atom stereocenters. The molecule has 3 amide bonds. The highest BCUT2D eigenvalue weighted by molar-refractivity contribution is 5.78. The van der Waals surface area contributed by atoms with E-state index in [2.05, 4.69) is 10.3 Å². The summed E-state index contributed by atoms with van der Waals surface area (Å²) >= 11 is 0. The molecule has 0 saturated carbocycles. The van der Waals surface area contributed by atoms with E-state index < -0.39 is 4.92 Å². The molecule has 10 nitrogen and oxygen atoms in total. The summed E-state index contributed by atoms with van der Waals surface area (Å²) in [5, 5.41) is 13.5. The number of aromatic nitrogens is 1. The van der Waals surface area contributed by atoms with E-state index in [4.69, 9.17) is 0 Å². The topological polar surface area (TPSA) is 112 Å². The molecule has 1 aliphatic heterocycles. The first-order valence-corrected chi connectivity index (χ1v) is 10.1. The smallest absolute Gasteiger partial charge is 0.317 e. The molecule has 0 spiro atoms. The Morgan fingerprint density at radius 1 is 1.13 bits per heavy atom. The fraction of sp³-hybridized carbons (Fsp3) is 0.381. The van der Waals surface area contributed by atoms with Crippen LogP contribution in [0.5, 0.6) is 0 Å². The van der Waals surface area contributed by atoms with Crippen molar-refractivity contribution in [3.8, 4) is 0 Å². The average molecular weight is 426 g/mol.